The highest BCUT2D eigenvalue weighted by atomic mass is 32.2. The van der Waals surface area contributed by atoms with E-state index in [-0.39, 0.29) is 5.82 Å². The summed E-state index contributed by atoms with van der Waals surface area (Å²) in [6, 6.07) is 12.5. The molecule has 2 aromatic heterocycles. The smallest absolute Gasteiger partial charge is 0.191 e. The minimum Gasteiger partial charge on any atom is -0.301 e. The monoisotopic (exact) mass is 314 g/mol. The largest absolute Gasteiger partial charge is 0.301 e. The van der Waals surface area contributed by atoms with Crippen LogP contribution < -0.4 is 0 Å². The summed E-state index contributed by atoms with van der Waals surface area (Å²) in [4.78, 5) is 4.31. The molecule has 1 aromatic carbocycles. The Hall–Kier alpha value is -2.21. The first-order chi connectivity index (χ1) is 10.8. The Balaban J connectivity index is 1.83. The average molecular weight is 314 g/mol. The van der Waals surface area contributed by atoms with Crippen molar-refractivity contribution in [2.45, 2.75) is 24.4 Å². The van der Waals surface area contributed by atoms with E-state index in [1.807, 2.05) is 35.8 Å². The normalized spacial score (nSPS) is 10.8. The molecule has 0 radical (unpaired) electrons. The molecule has 0 atom stereocenters. The van der Waals surface area contributed by atoms with E-state index in [9.17, 15) is 4.39 Å². The van der Waals surface area contributed by atoms with Gasteiger partial charge in [-0.2, -0.15) is 0 Å². The van der Waals surface area contributed by atoms with Crippen LogP contribution in [-0.4, -0.2) is 19.7 Å². The van der Waals surface area contributed by atoms with Gasteiger partial charge >= 0.3 is 0 Å². The highest BCUT2D eigenvalue weighted by Crippen LogP contribution is 2.26. The quantitative estimate of drug-likeness (QED) is 0.672. The molecule has 0 N–H and O–H groups in total. The van der Waals surface area contributed by atoms with Gasteiger partial charge in [0, 0.05) is 18.5 Å². The van der Waals surface area contributed by atoms with Crippen LogP contribution in [0.15, 0.2) is 53.8 Å². The van der Waals surface area contributed by atoms with E-state index in [1.165, 1.54) is 17.8 Å². The highest BCUT2D eigenvalue weighted by Gasteiger charge is 2.14. The van der Waals surface area contributed by atoms with Crippen molar-refractivity contribution in [3.63, 3.8) is 0 Å². The molecule has 0 aliphatic heterocycles. The lowest BCUT2D eigenvalue weighted by Gasteiger charge is -2.07. The lowest BCUT2D eigenvalue weighted by molar-refractivity contribution is 0.617. The van der Waals surface area contributed by atoms with Gasteiger partial charge in [-0.3, -0.25) is 4.98 Å². The lowest BCUT2D eigenvalue weighted by Crippen LogP contribution is -2.01. The van der Waals surface area contributed by atoms with Gasteiger partial charge < -0.3 is 4.57 Å². The molecule has 0 bridgehead atoms. The molecule has 0 saturated carbocycles. The molecule has 0 aliphatic rings. The van der Waals surface area contributed by atoms with Crippen LogP contribution in [0.3, 0.4) is 0 Å². The van der Waals surface area contributed by atoms with Crippen LogP contribution in [-0.2, 0) is 12.3 Å². The van der Waals surface area contributed by atoms with Crippen LogP contribution in [0.1, 0.15) is 12.5 Å². The molecule has 3 aromatic rings. The number of pyridine rings is 1. The first kappa shape index (κ1) is 14.7. The van der Waals surface area contributed by atoms with Gasteiger partial charge in [0.15, 0.2) is 11.0 Å². The van der Waals surface area contributed by atoms with Gasteiger partial charge in [-0.15, -0.1) is 10.2 Å². The third kappa shape index (κ3) is 3.01. The maximum atomic E-state index is 13.7. The number of benzene rings is 1. The molecule has 0 fully saturated rings. The second-order valence-corrected chi connectivity index (χ2v) is 5.59. The zero-order valence-corrected chi connectivity index (χ0v) is 12.9. The van der Waals surface area contributed by atoms with Crippen LogP contribution in [0.5, 0.6) is 0 Å². The average Bonchev–Trinajstić information content (AvgIpc) is 2.98. The molecule has 0 unspecified atom stereocenters. The fourth-order valence-corrected chi connectivity index (χ4v) is 3.11. The van der Waals surface area contributed by atoms with Gasteiger partial charge in [0.25, 0.3) is 0 Å². The molecule has 3 rings (SSSR count). The van der Waals surface area contributed by atoms with E-state index in [0.29, 0.717) is 11.3 Å². The molecule has 2 heterocycles. The predicted molar refractivity (Wildman–Crippen MR) is 84.9 cm³/mol. The van der Waals surface area contributed by atoms with E-state index >= 15 is 0 Å². The molecule has 0 aliphatic carbocycles. The number of aromatic nitrogens is 4. The molecule has 6 heteroatoms. The molecule has 22 heavy (non-hydrogen) atoms. The van der Waals surface area contributed by atoms with Crippen molar-refractivity contribution in [1.82, 2.24) is 19.7 Å². The molecule has 0 amide bonds. The predicted octanol–water partition coefficient (Wildman–Crippen LogP) is 3.79. The first-order valence-electron chi connectivity index (χ1n) is 7.00. The van der Waals surface area contributed by atoms with Crippen molar-refractivity contribution in [3.05, 3.63) is 60.0 Å². The summed E-state index contributed by atoms with van der Waals surface area (Å²) in [5.41, 5.74) is 1.45. The SMILES string of the molecule is CCn1c(SCc2ccccc2F)nnc1-c1ccccn1. The Labute approximate surface area is 132 Å². The standard InChI is InChI=1S/C16H15FN4S/c1-2-21-15(14-9-5-6-10-18-14)19-20-16(21)22-11-12-7-3-4-8-13(12)17/h3-10H,2,11H2,1H3. The Morgan fingerprint density at radius 1 is 1.09 bits per heavy atom. The van der Waals surface area contributed by atoms with Crippen LogP contribution in [0, 0.1) is 5.82 Å². The van der Waals surface area contributed by atoms with E-state index < -0.39 is 0 Å². The van der Waals surface area contributed by atoms with Gasteiger partial charge in [0.1, 0.15) is 11.5 Å². The Morgan fingerprint density at radius 3 is 2.64 bits per heavy atom. The maximum absolute atomic E-state index is 13.7. The van der Waals surface area contributed by atoms with Crippen molar-refractivity contribution in [2.24, 2.45) is 0 Å². The maximum Gasteiger partial charge on any atom is 0.191 e. The lowest BCUT2D eigenvalue weighted by atomic mass is 10.2. The molecule has 0 spiro atoms. The number of hydrogen-bond donors (Lipinski definition) is 0. The molecule has 4 nitrogen and oxygen atoms in total. The summed E-state index contributed by atoms with van der Waals surface area (Å²) in [5.74, 6) is 1.06. The third-order valence-electron chi connectivity index (χ3n) is 3.24. The van der Waals surface area contributed by atoms with Gasteiger partial charge in [0.2, 0.25) is 0 Å². The minimum absolute atomic E-state index is 0.192. The van der Waals surface area contributed by atoms with E-state index in [0.717, 1.165) is 23.2 Å². The minimum atomic E-state index is -0.192. The van der Waals surface area contributed by atoms with Crippen LogP contribution in [0.2, 0.25) is 0 Å². The number of hydrogen-bond acceptors (Lipinski definition) is 4. The summed E-state index contributed by atoms with van der Waals surface area (Å²) in [6.45, 7) is 2.77. The van der Waals surface area contributed by atoms with E-state index in [1.54, 1.807) is 18.3 Å². The van der Waals surface area contributed by atoms with Crippen molar-refractivity contribution in [1.29, 1.82) is 0 Å². The number of rotatable bonds is 5. The van der Waals surface area contributed by atoms with E-state index in [2.05, 4.69) is 15.2 Å². The number of thioether (sulfide) groups is 1. The summed E-state index contributed by atoms with van der Waals surface area (Å²) in [5, 5.41) is 9.22. The summed E-state index contributed by atoms with van der Waals surface area (Å²) >= 11 is 1.48. The third-order valence-corrected chi connectivity index (χ3v) is 4.26. The molecular weight excluding hydrogens is 299 g/mol. The Morgan fingerprint density at radius 2 is 1.91 bits per heavy atom. The fraction of sp³-hybridized carbons (Fsp3) is 0.188. The fourth-order valence-electron chi connectivity index (χ4n) is 2.12. The van der Waals surface area contributed by atoms with Gasteiger partial charge in [-0.1, -0.05) is 36.0 Å². The second-order valence-electron chi connectivity index (χ2n) is 4.65. The van der Waals surface area contributed by atoms with E-state index in [4.69, 9.17) is 0 Å². The van der Waals surface area contributed by atoms with Crippen LogP contribution in [0.25, 0.3) is 11.5 Å². The molecular formula is C16H15FN4S. The van der Waals surface area contributed by atoms with Crippen molar-refractivity contribution in [3.8, 4) is 11.5 Å². The Bertz CT molecular complexity index is 758. The number of nitrogens with zero attached hydrogens (tertiary/aromatic N) is 4. The zero-order valence-electron chi connectivity index (χ0n) is 12.1. The zero-order chi connectivity index (χ0) is 15.4. The highest BCUT2D eigenvalue weighted by molar-refractivity contribution is 7.98. The number of halogens is 1. The van der Waals surface area contributed by atoms with Gasteiger partial charge in [0.05, 0.1) is 0 Å². The molecule has 0 saturated heterocycles. The Kier molecular flexibility index (Phi) is 4.48. The van der Waals surface area contributed by atoms with Gasteiger partial charge in [-0.25, -0.2) is 4.39 Å². The summed E-state index contributed by atoms with van der Waals surface area (Å²) in [7, 11) is 0. The van der Waals surface area contributed by atoms with Crippen molar-refractivity contribution >= 4 is 11.8 Å². The summed E-state index contributed by atoms with van der Waals surface area (Å²) < 4.78 is 15.7. The van der Waals surface area contributed by atoms with Crippen molar-refractivity contribution in [2.75, 3.05) is 0 Å². The first-order valence-corrected chi connectivity index (χ1v) is 7.99. The molecule has 112 valence electrons. The van der Waals surface area contributed by atoms with Crippen molar-refractivity contribution < 1.29 is 4.39 Å². The van der Waals surface area contributed by atoms with Crippen LogP contribution in [0.4, 0.5) is 4.39 Å². The topological polar surface area (TPSA) is 43.6 Å². The second kappa shape index (κ2) is 6.70. The van der Waals surface area contributed by atoms with Gasteiger partial charge in [-0.05, 0) is 30.7 Å². The van der Waals surface area contributed by atoms with Crippen LogP contribution >= 0.6 is 11.8 Å². The summed E-state index contributed by atoms with van der Waals surface area (Å²) in [6.07, 6.45) is 1.73.